The average Bonchev–Trinajstić information content (AvgIpc) is 2.61. The van der Waals surface area contributed by atoms with Crippen LogP contribution in [0.5, 0.6) is 0 Å². The molecule has 3 aromatic rings. The van der Waals surface area contributed by atoms with Crippen LogP contribution in [-0.2, 0) is 0 Å². The molecule has 5 nitrogen and oxygen atoms in total. The molecule has 0 fully saturated rings. The number of hydrogen-bond acceptors (Lipinski definition) is 6. The first-order valence-electron chi connectivity index (χ1n) is 7.17. The highest BCUT2D eigenvalue weighted by Crippen LogP contribution is 2.27. The van der Waals surface area contributed by atoms with Gasteiger partial charge in [0, 0.05) is 28.4 Å². The first kappa shape index (κ1) is 15.8. The van der Waals surface area contributed by atoms with Gasteiger partial charge in [-0.15, -0.1) is 11.8 Å². The summed E-state index contributed by atoms with van der Waals surface area (Å²) in [7, 11) is 0. The fourth-order valence-electron chi connectivity index (χ4n) is 2.15. The molecule has 3 rings (SSSR count). The lowest BCUT2D eigenvalue weighted by molar-refractivity contribution is 1.18. The number of pyridine rings is 1. The van der Waals surface area contributed by atoms with Crippen molar-refractivity contribution in [3.8, 4) is 23.1 Å². The summed E-state index contributed by atoms with van der Waals surface area (Å²) in [4.78, 5) is 13.6. The lowest BCUT2D eigenvalue weighted by atomic mass is 10.1. The first-order valence-corrected chi connectivity index (χ1v) is 8.39. The lowest BCUT2D eigenvalue weighted by Gasteiger charge is -2.08. The minimum absolute atomic E-state index is 0.128. The van der Waals surface area contributed by atoms with Crippen molar-refractivity contribution >= 4 is 23.5 Å². The van der Waals surface area contributed by atoms with Crippen LogP contribution in [0.2, 0.25) is 0 Å². The molecule has 0 aliphatic carbocycles. The predicted molar refractivity (Wildman–Crippen MR) is 98.3 cm³/mol. The highest BCUT2D eigenvalue weighted by atomic mass is 32.2. The van der Waals surface area contributed by atoms with Crippen LogP contribution in [0.25, 0.3) is 11.3 Å². The Morgan fingerprint density at radius 1 is 1.00 bits per heavy atom. The second kappa shape index (κ2) is 7.02. The molecule has 118 valence electrons. The minimum Gasteiger partial charge on any atom is -0.382 e. The van der Waals surface area contributed by atoms with Crippen molar-refractivity contribution in [2.24, 2.45) is 0 Å². The normalized spacial score (nSPS) is 10.0. The third kappa shape index (κ3) is 3.47. The number of thioether (sulfide) groups is 1. The molecule has 0 bridgehead atoms. The zero-order valence-corrected chi connectivity index (χ0v) is 13.8. The van der Waals surface area contributed by atoms with Crippen molar-refractivity contribution < 1.29 is 0 Å². The van der Waals surface area contributed by atoms with Gasteiger partial charge >= 0.3 is 0 Å². The first-order chi connectivity index (χ1) is 11.7. The molecule has 1 aromatic carbocycles. The number of aromatic nitrogens is 3. The van der Waals surface area contributed by atoms with Crippen LogP contribution in [0, 0.1) is 11.8 Å². The maximum absolute atomic E-state index is 6.03. The number of nitrogen functional groups attached to an aromatic ring is 2. The molecule has 0 saturated heterocycles. The molecule has 0 spiro atoms. The molecule has 24 heavy (non-hydrogen) atoms. The zero-order valence-electron chi connectivity index (χ0n) is 13.0. The van der Waals surface area contributed by atoms with Gasteiger partial charge in [0.15, 0.2) is 0 Å². The quantitative estimate of drug-likeness (QED) is 0.553. The summed E-state index contributed by atoms with van der Waals surface area (Å²) in [5.41, 5.74) is 14.7. The molecule has 0 unspecified atom stereocenters. The van der Waals surface area contributed by atoms with Gasteiger partial charge in [0.25, 0.3) is 0 Å². The number of rotatable bonds is 2. The summed E-state index contributed by atoms with van der Waals surface area (Å²) in [6, 6.07) is 11.7. The second-order valence-electron chi connectivity index (χ2n) is 4.91. The second-order valence-corrected chi connectivity index (χ2v) is 5.79. The smallest absolute Gasteiger partial charge is 0.222 e. The largest absolute Gasteiger partial charge is 0.382 e. The number of nitrogens with zero attached hydrogens (tertiary/aromatic N) is 3. The summed E-state index contributed by atoms with van der Waals surface area (Å²) in [6.45, 7) is 0. The van der Waals surface area contributed by atoms with Gasteiger partial charge < -0.3 is 11.5 Å². The monoisotopic (exact) mass is 333 g/mol. The van der Waals surface area contributed by atoms with E-state index < -0.39 is 0 Å². The molecular weight excluding hydrogens is 318 g/mol. The van der Waals surface area contributed by atoms with Gasteiger partial charge in [-0.05, 0) is 30.5 Å². The molecule has 0 atom stereocenters. The van der Waals surface area contributed by atoms with Crippen LogP contribution in [0.4, 0.5) is 11.8 Å². The molecule has 4 N–H and O–H groups in total. The third-order valence-electron chi connectivity index (χ3n) is 3.31. The Kier molecular flexibility index (Phi) is 4.64. The van der Waals surface area contributed by atoms with Crippen LogP contribution >= 0.6 is 11.8 Å². The molecule has 0 aliphatic heterocycles. The maximum Gasteiger partial charge on any atom is 0.222 e. The molecule has 0 amide bonds. The topological polar surface area (TPSA) is 90.7 Å². The van der Waals surface area contributed by atoms with E-state index in [2.05, 4.69) is 26.8 Å². The average molecular weight is 333 g/mol. The van der Waals surface area contributed by atoms with Crippen LogP contribution < -0.4 is 11.5 Å². The number of hydrogen-bond donors (Lipinski definition) is 2. The van der Waals surface area contributed by atoms with Crippen molar-refractivity contribution in [2.75, 3.05) is 17.7 Å². The van der Waals surface area contributed by atoms with Crippen molar-refractivity contribution in [2.45, 2.75) is 4.90 Å². The Labute approximate surface area is 144 Å². The van der Waals surface area contributed by atoms with E-state index in [1.54, 1.807) is 24.2 Å². The third-order valence-corrected chi connectivity index (χ3v) is 4.05. The number of benzene rings is 1. The standard InChI is InChI=1S/C18H15N5S/c1-24-14-7-5-13(6-8-14)16-15(17(19)23-18(20)22-16)9-4-12-3-2-10-21-11-12/h2-3,5-8,10-11H,1H3,(H4,19,20,22,23). The van der Waals surface area contributed by atoms with E-state index in [4.69, 9.17) is 11.5 Å². The summed E-state index contributed by atoms with van der Waals surface area (Å²) in [5.74, 6) is 6.48. The van der Waals surface area contributed by atoms with E-state index >= 15 is 0 Å². The van der Waals surface area contributed by atoms with Crippen LogP contribution in [0.3, 0.4) is 0 Å². The number of anilines is 2. The van der Waals surface area contributed by atoms with Gasteiger partial charge in [-0.3, -0.25) is 4.98 Å². The molecule has 2 heterocycles. The van der Waals surface area contributed by atoms with Gasteiger partial charge in [0.05, 0.1) is 11.3 Å². The van der Waals surface area contributed by atoms with Crippen molar-refractivity contribution in [3.63, 3.8) is 0 Å². The van der Waals surface area contributed by atoms with E-state index in [1.807, 2.05) is 42.7 Å². The lowest BCUT2D eigenvalue weighted by Crippen LogP contribution is -2.05. The van der Waals surface area contributed by atoms with Crippen LogP contribution in [-0.4, -0.2) is 21.2 Å². The van der Waals surface area contributed by atoms with Crippen LogP contribution in [0.15, 0.2) is 53.7 Å². The maximum atomic E-state index is 6.03. The van der Waals surface area contributed by atoms with Gasteiger partial charge in [-0.1, -0.05) is 24.0 Å². The van der Waals surface area contributed by atoms with E-state index in [-0.39, 0.29) is 11.8 Å². The Bertz CT molecular complexity index is 912. The van der Waals surface area contributed by atoms with E-state index in [9.17, 15) is 0 Å². The molecule has 0 aliphatic rings. The Morgan fingerprint density at radius 3 is 2.46 bits per heavy atom. The highest BCUT2D eigenvalue weighted by molar-refractivity contribution is 7.98. The molecule has 0 saturated carbocycles. The summed E-state index contributed by atoms with van der Waals surface area (Å²) >= 11 is 1.67. The fraction of sp³-hybridized carbons (Fsp3) is 0.0556. The molecule has 6 heteroatoms. The summed E-state index contributed by atoms with van der Waals surface area (Å²) in [6.07, 6.45) is 5.42. The van der Waals surface area contributed by atoms with E-state index in [0.29, 0.717) is 11.3 Å². The molecule has 2 aromatic heterocycles. The van der Waals surface area contributed by atoms with Gasteiger partial charge in [-0.25, -0.2) is 4.98 Å². The summed E-state index contributed by atoms with van der Waals surface area (Å²) in [5, 5.41) is 0. The van der Waals surface area contributed by atoms with Gasteiger partial charge in [-0.2, -0.15) is 4.98 Å². The number of nitrogens with two attached hydrogens (primary N) is 2. The predicted octanol–water partition coefficient (Wildman–Crippen LogP) is 2.82. The van der Waals surface area contributed by atoms with Crippen molar-refractivity contribution in [3.05, 3.63) is 59.9 Å². The minimum atomic E-state index is 0.128. The highest BCUT2D eigenvalue weighted by Gasteiger charge is 2.12. The Hall–Kier alpha value is -3.04. The van der Waals surface area contributed by atoms with E-state index in [0.717, 1.165) is 16.0 Å². The van der Waals surface area contributed by atoms with Gasteiger partial charge in [0.2, 0.25) is 5.95 Å². The molecular formula is C18H15N5S. The molecule has 0 radical (unpaired) electrons. The van der Waals surface area contributed by atoms with Crippen LogP contribution in [0.1, 0.15) is 11.1 Å². The van der Waals surface area contributed by atoms with E-state index in [1.165, 1.54) is 0 Å². The Morgan fingerprint density at radius 2 is 1.79 bits per heavy atom. The van der Waals surface area contributed by atoms with Crippen molar-refractivity contribution in [1.29, 1.82) is 0 Å². The van der Waals surface area contributed by atoms with Crippen molar-refractivity contribution in [1.82, 2.24) is 15.0 Å². The SMILES string of the molecule is CSc1ccc(-c2nc(N)nc(N)c2C#Cc2cccnc2)cc1. The Balaban J connectivity index is 2.10. The summed E-state index contributed by atoms with van der Waals surface area (Å²) < 4.78 is 0. The van der Waals surface area contributed by atoms with Gasteiger partial charge in [0.1, 0.15) is 5.82 Å². The fourth-order valence-corrected chi connectivity index (χ4v) is 2.56. The zero-order chi connectivity index (χ0) is 16.9.